The number of hydrazine groups is 2. The standard InChI is InChI=1S/C26H28N6O8/c33-21(16-40-18-8-4-11-27-15-18)19(14-23(35)36)28-25(38)20-9-5-12-31-22(34)10-13-30(26(39)32(20)31)29-24(37)17-6-2-1-3-7-17/h1-4,6-8,11,15,19-20H,5,9-10,12-14,16H2,(H,28,38)(H,29,37)(H,35,36). The van der Waals surface area contributed by atoms with Gasteiger partial charge in [0.2, 0.25) is 11.8 Å². The number of ketones is 1. The Bertz CT molecular complexity index is 1270. The summed E-state index contributed by atoms with van der Waals surface area (Å²) in [4.78, 5) is 80.6. The van der Waals surface area contributed by atoms with Crippen molar-refractivity contribution in [2.75, 3.05) is 19.7 Å². The van der Waals surface area contributed by atoms with Gasteiger partial charge in [-0.1, -0.05) is 18.2 Å². The lowest BCUT2D eigenvalue weighted by Crippen LogP contribution is -2.65. The third-order valence-electron chi connectivity index (χ3n) is 6.34. The zero-order chi connectivity index (χ0) is 28.6. The van der Waals surface area contributed by atoms with Crippen molar-refractivity contribution in [3.05, 3.63) is 60.4 Å². The molecule has 14 nitrogen and oxygen atoms in total. The molecule has 0 radical (unpaired) electrons. The number of carbonyl (C=O) groups excluding carboxylic acids is 5. The van der Waals surface area contributed by atoms with Gasteiger partial charge in [-0.05, 0) is 37.1 Å². The third kappa shape index (κ3) is 6.70. The van der Waals surface area contributed by atoms with Gasteiger partial charge in [0.25, 0.3) is 5.91 Å². The first-order chi connectivity index (χ1) is 19.2. The number of carbonyl (C=O) groups is 6. The minimum atomic E-state index is -1.45. The lowest BCUT2D eigenvalue weighted by molar-refractivity contribution is -0.155. The van der Waals surface area contributed by atoms with Crippen molar-refractivity contribution in [1.29, 1.82) is 0 Å². The van der Waals surface area contributed by atoms with Gasteiger partial charge in [0.15, 0.2) is 5.78 Å². The van der Waals surface area contributed by atoms with Gasteiger partial charge in [-0.3, -0.25) is 34.4 Å². The van der Waals surface area contributed by atoms with Gasteiger partial charge in [-0.2, -0.15) is 0 Å². The second-order valence-electron chi connectivity index (χ2n) is 9.11. The monoisotopic (exact) mass is 552 g/mol. The first kappa shape index (κ1) is 28.0. The molecule has 2 atom stereocenters. The fraction of sp³-hybridized carbons (Fsp3) is 0.346. The minimum Gasteiger partial charge on any atom is -0.484 e. The second-order valence-corrected chi connectivity index (χ2v) is 9.11. The molecular formula is C26H28N6O8. The normalized spacial score (nSPS) is 17.8. The smallest absolute Gasteiger partial charge is 0.358 e. The van der Waals surface area contributed by atoms with Crippen molar-refractivity contribution in [2.45, 2.75) is 37.8 Å². The van der Waals surface area contributed by atoms with Gasteiger partial charge < -0.3 is 15.2 Å². The van der Waals surface area contributed by atoms with Crippen LogP contribution in [-0.2, 0) is 19.2 Å². The number of ether oxygens (including phenoxy) is 1. The van der Waals surface area contributed by atoms with Crippen LogP contribution >= 0.6 is 0 Å². The number of nitrogens with one attached hydrogen (secondary N) is 2. The molecule has 1 aromatic carbocycles. The first-order valence-electron chi connectivity index (χ1n) is 12.6. The van der Waals surface area contributed by atoms with Crippen molar-refractivity contribution in [2.24, 2.45) is 0 Å². The predicted molar refractivity (Wildman–Crippen MR) is 136 cm³/mol. The molecule has 0 spiro atoms. The summed E-state index contributed by atoms with van der Waals surface area (Å²) in [5, 5.41) is 14.9. The zero-order valence-corrected chi connectivity index (χ0v) is 21.4. The number of aliphatic carboxylic acids is 1. The number of hydrogen-bond donors (Lipinski definition) is 3. The van der Waals surface area contributed by atoms with Crippen LogP contribution in [-0.4, -0.2) is 92.4 Å². The van der Waals surface area contributed by atoms with Gasteiger partial charge >= 0.3 is 12.0 Å². The molecule has 2 fully saturated rings. The molecular weight excluding hydrogens is 524 g/mol. The topological polar surface area (TPSA) is 179 Å². The number of benzene rings is 1. The summed E-state index contributed by atoms with van der Waals surface area (Å²) in [5.41, 5.74) is 2.79. The van der Waals surface area contributed by atoms with Crippen LogP contribution in [0.25, 0.3) is 0 Å². The first-order valence-corrected chi connectivity index (χ1v) is 12.6. The highest BCUT2D eigenvalue weighted by molar-refractivity contribution is 5.98. The number of carboxylic acid groups (broad SMARTS) is 1. The van der Waals surface area contributed by atoms with Crippen LogP contribution in [0.5, 0.6) is 5.75 Å². The van der Waals surface area contributed by atoms with Gasteiger partial charge in [0.05, 0.1) is 19.2 Å². The van der Waals surface area contributed by atoms with Crippen LogP contribution in [0.1, 0.15) is 36.0 Å². The van der Waals surface area contributed by atoms with E-state index in [4.69, 9.17) is 4.74 Å². The third-order valence-corrected chi connectivity index (χ3v) is 6.34. The van der Waals surface area contributed by atoms with Crippen LogP contribution in [0.3, 0.4) is 0 Å². The molecule has 2 aliphatic rings. The molecule has 5 amide bonds. The van der Waals surface area contributed by atoms with E-state index < -0.39 is 60.6 Å². The molecule has 2 aromatic rings. The lowest BCUT2D eigenvalue weighted by atomic mass is 10.0. The molecule has 3 N–H and O–H groups in total. The Hall–Kier alpha value is -5.01. The van der Waals surface area contributed by atoms with E-state index in [1.807, 2.05) is 0 Å². The van der Waals surface area contributed by atoms with E-state index in [2.05, 4.69) is 15.7 Å². The SMILES string of the molecule is O=C(O)CC(NC(=O)C1CCCN2C(=O)CCN(NC(=O)c3ccccc3)C(=O)N12)C(=O)COc1cccnc1. The largest absolute Gasteiger partial charge is 0.484 e. The molecule has 40 heavy (non-hydrogen) atoms. The van der Waals surface area contributed by atoms with E-state index in [1.165, 1.54) is 12.4 Å². The van der Waals surface area contributed by atoms with Crippen LogP contribution in [0, 0.1) is 0 Å². The fourth-order valence-corrected chi connectivity index (χ4v) is 4.37. The summed E-state index contributed by atoms with van der Waals surface area (Å²) in [7, 11) is 0. The number of hydrogen-bond acceptors (Lipinski definition) is 8. The Labute approximate surface area is 228 Å². The van der Waals surface area contributed by atoms with E-state index >= 15 is 0 Å². The number of nitrogens with zero attached hydrogens (tertiary/aromatic N) is 4. The van der Waals surface area contributed by atoms with Crippen molar-refractivity contribution in [3.8, 4) is 5.75 Å². The van der Waals surface area contributed by atoms with Gasteiger partial charge in [0, 0.05) is 24.7 Å². The number of fused-ring (bicyclic) bond motifs is 1. The van der Waals surface area contributed by atoms with Crippen molar-refractivity contribution in [1.82, 2.24) is 30.8 Å². The lowest BCUT2D eigenvalue weighted by Gasteiger charge is -2.43. The van der Waals surface area contributed by atoms with Crippen molar-refractivity contribution >= 4 is 35.5 Å². The predicted octanol–water partition coefficient (Wildman–Crippen LogP) is 0.368. The summed E-state index contributed by atoms with van der Waals surface area (Å²) in [5.74, 6) is -3.57. The minimum absolute atomic E-state index is 0.0997. The van der Waals surface area contributed by atoms with Gasteiger partial charge in [0.1, 0.15) is 24.4 Å². The average molecular weight is 553 g/mol. The zero-order valence-electron chi connectivity index (χ0n) is 21.4. The summed E-state index contributed by atoms with van der Waals surface area (Å²) in [6, 6.07) is 7.82. The van der Waals surface area contributed by atoms with Crippen LogP contribution in [0.15, 0.2) is 54.9 Å². The second kappa shape index (κ2) is 12.7. The summed E-state index contributed by atoms with van der Waals surface area (Å²) in [6.07, 6.45) is 2.59. The molecule has 1 aromatic heterocycles. The Balaban J connectivity index is 1.50. The molecule has 2 unspecified atom stereocenters. The maximum Gasteiger partial charge on any atom is 0.358 e. The number of aromatic nitrogens is 1. The molecule has 0 saturated carbocycles. The highest BCUT2D eigenvalue weighted by Crippen LogP contribution is 2.24. The van der Waals surface area contributed by atoms with Crippen LogP contribution < -0.4 is 15.5 Å². The Morgan fingerprint density at radius 1 is 1.07 bits per heavy atom. The van der Waals surface area contributed by atoms with E-state index in [0.29, 0.717) is 12.0 Å². The van der Waals surface area contributed by atoms with Crippen LogP contribution in [0.2, 0.25) is 0 Å². The van der Waals surface area contributed by atoms with Gasteiger partial charge in [-0.25, -0.2) is 19.8 Å². The number of Topliss-reactive ketones (excluding diaryl/α,β-unsaturated/α-hetero) is 1. The van der Waals surface area contributed by atoms with Crippen molar-refractivity contribution < 1.29 is 38.6 Å². The molecule has 0 aliphatic carbocycles. The highest BCUT2D eigenvalue weighted by atomic mass is 16.5. The van der Waals surface area contributed by atoms with E-state index in [1.54, 1.807) is 42.5 Å². The summed E-state index contributed by atoms with van der Waals surface area (Å²) >= 11 is 0. The highest BCUT2D eigenvalue weighted by Gasteiger charge is 2.44. The van der Waals surface area contributed by atoms with Crippen molar-refractivity contribution in [3.63, 3.8) is 0 Å². The fourth-order valence-electron chi connectivity index (χ4n) is 4.37. The van der Waals surface area contributed by atoms with E-state index in [9.17, 15) is 33.9 Å². The molecule has 3 heterocycles. The van der Waals surface area contributed by atoms with E-state index in [-0.39, 0.29) is 31.7 Å². The molecule has 2 saturated heterocycles. The Morgan fingerprint density at radius 3 is 2.55 bits per heavy atom. The molecule has 4 rings (SSSR count). The molecule has 0 bridgehead atoms. The Morgan fingerprint density at radius 2 is 1.85 bits per heavy atom. The number of carboxylic acids is 1. The van der Waals surface area contributed by atoms with Crippen LogP contribution in [0.4, 0.5) is 4.79 Å². The maximum atomic E-state index is 13.5. The molecule has 210 valence electrons. The van der Waals surface area contributed by atoms with Gasteiger partial charge in [-0.15, -0.1) is 0 Å². The quantitative estimate of drug-likeness (QED) is 0.375. The Kier molecular flexibility index (Phi) is 8.89. The number of urea groups is 1. The molecule has 14 heteroatoms. The number of rotatable bonds is 10. The summed E-state index contributed by atoms with van der Waals surface area (Å²) in [6.45, 7) is -0.476. The maximum absolute atomic E-state index is 13.5. The number of amides is 5. The number of pyridine rings is 1. The summed E-state index contributed by atoms with van der Waals surface area (Å²) < 4.78 is 5.36. The average Bonchev–Trinajstić information content (AvgIpc) is 3.08. The van der Waals surface area contributed by atoms with E-state index in [0.717, 1.165) is 15.0 Å². The molecule has 2 aliphatic heterocycles.